The minimum atomic E-state index is 0.419. The summed E-state index contributed by atoms with van der Waals surface area (Å²) < 4.78 is 5.21. The van der Waals surface area contributed by atoms with Crippen LogP contribution in [0.2, 0.25) is 5.15 Å². The number of nitrogens with zero attached hydrogens (tertiary/aromatic N) is 2. The average molecular weight is 296 g/mol. The van der Waals surface area contributed by atoms with Crippen LogP contribution in [0, 0.1) is 6.92 Å². The largest absolute Gasteiger partial charge is 0.497 e. The van der Waals surface area contributed by atoms with E-state index in [-0.39, 0.29) is 0 Å². The van der Waals surface area contributed by atoms with Gasteiger partial charge in [0.2, 0.25) is 0 Å². The van der Waals surface area contributed by atoms with Crippen LogP contribution in [-0.4, -0.2) is 23.3 Å². The lowest BCUT2D eigenvalue weighted by atomic mass is 10.2. The van der Waals surface area contributed by atoms with Crippen LogP contribution in [0.25, 0.3) is 0 Å². The Balaban J connectivity index is 2.32. The highest BCUT2D eigenvalue weighted by molar-refractivity contribution is 7.98. The second-order valence-electron chi connectivity index (χ2n) is 3.87. The summed E-state index contributed by atoms with van der Waals surface area (Å²) in [7, 11) is 1.64. The number of anilines is 2. The highest BCUT2D eigenvalue weighted by Gasteiger charge is 2.05. The molecule has 0 aliphatic heterocycles. The van der Waals surface area contributed by atoms with Gasteiger partial charge in [-0.2, -0.15) is 0 Å². The van der Waals surface area contributed by atoms with Gasteiger partial charge in [0.25, 0.3) is 0 Å². The van der Waals surface area contributed by atoms with Crippen molar-refractivity contribution in [2.75, 3.05) is 18.7 Å². The molecule has 0 aliphatic carbocycles. The molecule has 0 fully saturated rings. The van der Waals surface area contributed by atoms with Crippen molar-refractivity contribution in [3.8, 4) is 5.75 Å². The fourth-order valence-corrected chi connectivity index (χ4v) is 2.17. The lowest BCUT2D eigenvalue weighted by molar-refractivity contribution is 0.415. The number of nitrogens with one attached hydrogen (secondary N) is 1. The maximum atomic E-state index is 5.96. The summed E-state index contributed by atoms with van der Waals surface area (Å²) in [6.45, 7) is 2.01. The van der Waals surface area contributed by atoms with E-state index in [9.17, 15) is 0 Å². The molecule has 2 aromatic rings. The molecule has 1 aromatic carbocycles. The molecular formula is C13H14ClN3OS. The molecule has 0 amide bonds. The molecule has 1 N–H and O–H groups in total. The van der Waals surface area contributed by atoms with Gasteiger partial charge in [0, 0.05) is 17.8 Å². The predicted octanol–water partition coefficient (Wildman–Crippen LogP) is 3.91. The van der Waals surface area contributed by atoms with Crippen LogP contribution in [0.4, 0.5) is 11.5 Å². The van der Waals surface area contributed by atoms with Crippen LogP contribution in [0.15, 0.2) is 29.4 Å². The number of halogens is 1. The maximum Gasteiger partial charge on any atom is 0.190 e. The van der Waals surface area contributed by atoms with Crippen LogP contribution < -0.4 is 10.1 Å². The Bertz CT molecular complexity index is 592. The van der Waals surface area contributed by atoms with E-state index in [1.807, 2.05) is 31.4 Å². The van der Waals surface area contributed by atoms with Gasteiger partial charge < -0.3 is 10.1 Å². The zero-order chi connectivity index (χ0) is 13.8. The smallest absolute Gasteiger partial charge is 0.190 e. The van der Waals surface area contributed by atoms with Gasteiger partial charge in [-0.05, 0) is 24.8 Å². The van der Waals surface area contributed by atoms with E-state index in [0.29, 0.717) is 16.1 Å². The van der Waals surface area contributed by atoms with Gasteiger partial charge in [0.15, 0.2) is 5.16 Å². The molecule has 6 heteroatoms. The van der Waals surface area contributed by atoms with Gasteiger partial charge in [-0.1, -0.05) is 29.4 Å². The number of rotatable bonds is 4. The number of thioether (sulfide) groups is 1. The summed E-state index contributed by atoms with van der Waals surface area (Å²) in [5, 5.41) is 4.29. The van der Waals surface area contributed by atoms with Crippen molar-refractivity contribution in [2.45, 2.75) is 12.1 Å². The molecule has 1 heterocycles. The molecule has 0 radical (unpaired) electrons. The Morgan fingerprint density at radius 1 is 1.26 bits per heavy atom. The minimum absolute atomic E-state index is 0.419. The number of hydrogen-bond acceptors (Lipinski definition) is 5. The summed E-state index contributed by atoms with van der Waals surface area (Å²) in [5.41, 5.74) is 2.03. The SMILES string of the molecule is COc1ccc(C)c(Nc2cc(Cl)nc(SC)n2)c1. The Hall–Kier alpha value is -1.46. The van der Waals surface area contributed by atoms with E-state index in [2.05, 4.69) is 15.3 Å². The Morgan fingerprint density at radius 2 is 2.05 bits per heavy atom. The van der Waals surface area contributed by atoms with Crippen molar-refractivity contribution in [1.82, 2.24) is 9.97 Å². The van der Waals surface area contributed by atoms with E-state index in [1.54, 1.807) is 13.2 Å². The van der Waals surface area contributed by atoms with E-state index in [0.717, 1.165) is 17.0 Å². The first kappa shape index (κ1) is 14.0. The third-order valence-corrected chi connectivity index (χ3v) is 3.31. The van der Waals surface area contributed by atoms with Crippen molar-refractivity contribution in [1.29, 1.82) is 0 Å². The molecule has 0 saturated heterocycles. The van der Waals surface area contributed by atoms with Gasteiger partial charge in [0.05, 0.1) is 7.11 Å². The molecule has 0 bridgehead atoms. The fourth-order valence-electron chi connectivity index (χ4n) is 1.55. The monoisotopic (exact) mass is 295 g/mol. The van der Waals surface area contributed by atoms with E-state index < -0.39 is 0 Å². The van der Waals surface area contributed by atoms with Gasteiger partial charge in [-0.15, -0.1) is 0 Å². The third-order valence-electron chi connectivity index (χ3n) is 2.56. The first-order valence-corrected chi connectivity index (χ1v) is 7.23. The van der Waals surface area contributed by atoms with Crippen LogP contribution in [0.3, 0.4) is 0 Å². The Kier molecular flexibility index (Phi) is 4.50. The van der Waals surface area contributed by atoms with Gasteiger partial charge in [0.1, 0.15) is 16.7 Å². The maximum absolute atomic E-state index is 5.96. The van der Waals surface area contributed by atoms with Crippen molar-refractivity contribution >= 4 is 34.9 Å². The summed E-state index contributed by atoms with van der Waals surface area (Å²) >= 11 is 7.41. The number of benzene rings is 1. The fraction of sp³-hybridized carbons (Fsp3) is 0.231. The van der Waals surface area contributed by atoms with Gasteiger partial charge in [-0.25, -0.2) is 9.97 Å². The molecule has 0 atom stereocenters. The minimum Gasteiger partial charge on any atom is -0.497 e. The molecule has 100 valence electrons. The summed E-state index contributed by atoms with van der Waals surface area (Å²) in [4.78, 5) is 8.46. The van der Waals surface area contributed by atoms with Crippen LogP contribution in [-0.2, 0) is 0 Å². The molecular weight excluding hydrogens is 282 g/mol. The third kappa shape index (κ3) is 3.52. The molecule has 4 nitrogen and oxygen atoms in total. The van der Waals surface area contributed by atoms with Crippen LogP contribution in [0.1, 0.15) is 5.56 Å². The number of ether oxygens (including phenoxy) is 1. The Morgan fingerprint density at radius 3 is 2.74 bits per heavy atom. The van der Waals surface area contributed by atoms with Crippen LogP contribution in [0.5, 0.6) is 5.75 Å². The van der Waals surface area contributed by atoms with Crippen LogP contribution >= 0.6 is 23.4 Å². The molecule has 1 aromatic heterocycles. The quantitative estimate of drug-likeness (QED) is 0.526. The summed E-state index contributed by atoms with van der Waals surface area (Å²) in [6.07, 6.45) is 1.91. The molecule has 0 aliphatic rings. The standard InChI is InChI=1S/C13H14ClN3OS/c1-8-4-5-9(18-2)6-10(8)15-12-7-11(14)16-13(17-12)19-3/h4-7H,1-3H3,(H,15,16,17). The second kappa shape index (κ2) is 6.12. The summed E-state index contributed by atoms with van der Waals surface area (Å²) in [5.74, 6) is 1.46. The first-order chi connectivity index (χ1) is 9.12. The number of aromatic nitrogens is 2. The van der Waals surface area contributed by atoms with E-state index in [4.69, 9.17) is 16.3 Å². The molecule has 2 rings (SSSR count). The molecule has 19 heavy (non-hydrogen) atoms. The van der Waals surface area contributed by atoms with Gasteiger partial charge in [-0.3, -0.25) is 0 Å². The topological polar surface area (TPSA) is 47.0 Å². The van der Waals surface area contributed by atoms with E-state index in [1.165, 1.54) is 11.8 Å². The van der Waals surface area contributed by atoms with Crippen molar-refractivity contribution < 1.29 is 4.74 Å². The van der Waals surface area contributed by atoms with Gasteiger partial charge >= 0.3 is 0 Å². The number of aryl methyl sites for hydroxylation is 1. The van der Waals surface area contributed by atoms with E-state index >= 15 is 0 Å². The van der Waals surface area contributed by atoms with Crippen molar-refractivity contribution in [3.05, 3.63) is 35.0 Å². The van der Waals surface area contributed by atoms with Crippen molar-refractivity contribution in [3.63, 3.8) is 0 Å². The summed E-state index contributed by atoms with van der Waals surface area (Å²) in [6, 6.07) is 7.52. The first-order valence-electron chi connectivity index (χ1n) is 5.62. The highest BCUT2D eigenvalue weighted by Crippen LogP contribution is 2.26. The predicted molar refractivity (Wildman–Crippen MR) is 79.8 cm³/mol. The molecule has 0 saturated carbocycles. The number of hydrogen-bond donors (Lipinski definition) is 1. The van der Waals surface area contributed by atoms with Crippen molar-refractivity contribution in [2.24, 2.45) is 0 Å². The second-order valence-corrected chi connectivity index (χ2v) is 5.03. The zero-order valence-electron chi connectivity index (χ0n) is 10.9. The zero-order valence-corrected chi connectivity index (χ0v) is 12.5. The Labute approximate surface area is 121 Å². The normalized spacial score (nSPS) is 10.3. The molecule has 0 unspecified atom stereocenters. The highest BCUT2D eigenvalue weighted by atomic mass is 35.5. The lowest BCUT2D eigenvalue weighted by Crippen LogP contribution is -1.98. The number of methoxy groups -OCH3 is 1. The lowest BCUT2D eigenvalue weighted by Gasteiger charge is -2.11. The average Bonchev–Trinajstić information content (AvgIpc) is 2.40. The molecule has 0 spiro atoms.